The molecule has 0 radical (unpaired) electrons. The number of anilines is 1. The van der Waals surface area contributed by atoms with E-state index in [1.54, 1.807) is 4.90 Å². The Kier molecular flexibility index (Phi) is 6.19. The van der Waals surface area contributed by atoms with Crippen molar-refractivity contribution in [1.82, 2.24) is 4.90 Å². The summed E-state index contributed by atoms with van der Waals surface area (Å²) >= 11 is 0. The molecule has 0 atom stereocenters. The first-order valence-corrected chi connectivity index (χ1v) is 7.78. The predicted molar refractivity (Wildman–Crippen MR) is 91.9 cm³/mol. The third kappa shape index (κ3) is 5.15. The van der Waals surface area contributed by atoms with E-state index in [0.29, 0.717) is 19.5 Å². The highest BCUT2D eigenvalue weighted by atomic mass is 16.2. The van der Waals surface area contributed by atoms with Gasteiger partial charge in [0.15, 0.2) is 0 Å². The molecule has 4 nitrogen and oxygen atoms in total. The number of nitrogens with one attached hydrogen (secondary N) is 1. The molecule has 0 aromatic heterocycles. The predicted octanol–water partition coefficient (Wildman–Crippen LogP) is 4.20. The van der Waals surface area contributed by atoms with Crippen molar-refractivity contribution >= 4 is 11.7 Å². The average molecular weight is 307 g/mol. The molecule has 0 aliphatic rings. The smallest absolute Gasteiger partial charge is 0.319 e. The van der Waals surface area contributed by atoms with Gasteiger partial charge < -0.3 is 10.2 Å². The van der Waals surface area contributed by atoms with Crippen molar-refractivity contribution < 1.29 is 4.79 Å². The molecule has 0 saturated carbocycles. The maximum atomic E-state index is 12.5. The van der Waals surface area contributed by atoms with Crippen LogP contribution in [0, 0.1) is 11.3 Å². The van der Waals surface area contributed by atoms with Crippen LogP contribution in [0.25, 0.3) is 0 Å². The number of nitriles is 1. The zero-order valence-corrected chi connectivity index (χ0v) is 13.3. The topological polar surface area (TPSA) is 56.1 Å². The normalized spacial score (nSPS) is 9.91. The van der Waals surface area contributed by atoms with E-state index < -0.39 is 0 Å². The number of nitrogens with zero attached hydrogens (tertiary/aromatic N) is 2. The van der Waals surface area contributed by atoms with Crippen molar-refractivity contribution in [2.45, 2.75) is 26.3 Å². The highest BCUT2D eigenvalue weighted by molar-refractivity contribution is 5.89. The molecule has 1 N–H and O–H groups in total. The molecule has 23 heavy (non-hydrogen) atoms. The SMILES string of the molecule is CCc1ccc(NC(=O)N(CCC#N)Cc2ccccc2)cc1. The van der Waals surface area contributed by atoms with Crippen LogP contribution in [0.15, 0.2) is 54.6 Å². The lowest BCUT2D eigenvalue weighted by molar-refractivity contribution is 0.210. The summed E-state index contributed by atoms with van der Waals surface area (Å²) in [5.74, 6) is 0. The summed E-state index contributed by atoms with van der Waals surface area (Å²) in [5, 5.41) is 11.7. The Labute approximate surface area is 137 Å². The molecule has 2 amide bonds. The lowest BCUT2D eigenvalue weighted by Crippen LogP contribution is -2.35. The van der Waals surface area contributed by atoms with Gasteiger partial charge in [-0.25, -0.2) is 4.79 Å². The second-order valence-electron chi connectivity index (χ2n) is 5.30. The molecule has 0 saturated heterocycles. The van der Waals surface area contributed by atoms with E-state index in [1.807, 2.05) is 54.6 Å². The summed E-state index contributed by atoms with van der Waals surface area (Å²) < 4.78 is 0. The van der Waals surface area contributed by atoms with Crippen molar-refractivity contribution in [3.8, 4) is 6.07 Å². The highest BCUT2D eigenvalue weighted by Crippen LogP contribution is 2.12. The minimum atomic E-state index is -0.187. The van der Waals surface area contributed by atoms with Crippen molar-refractivity contribution in [2.75, 3.05) is 11.9 Å². The van der Waals surface area contributed by atoms with Gasteiger partial charge in [0.1, 0.15) is 0 Å². The van der Waals surface area contributed by atoms with E-state index >= 15 is 0 Å². The standard InChI is InChI=1S/C19H21N3O/c1-2-16-9-11-18(12-10-16)21-19(23)22(14-6-13-20)15-17-7-4-3-5-8-17/h3-5,7-12H,2,6,14-15H2,1H3,(H,21,23). The maximum Gasteiger partial charge on any atom is 0.322 e. The Hall–Kier alpha value is -2.80. The molecule has 118 valence electrons. The summed E-state index contributed by atoms with van der Waals surface area (Å²) in [4.78, 5) is 14.1. The van der Waals surface area contributed by atoms with E-state index in [1.165, 1.54) is 5.56 Å². The van der Waals surface area contributed by atoms with Gasteiger partial charge in [0.25, 0.3) is 0 Å². The van der Waals surface area contributed by atoms with Crippen molar-refractivity contribution in [1.29, 1.82) is 5.26 Å². The van der Waals surface area contributed by atoms with E-state index in [4.69, 9.17) is 5.26 Å². The van der Waals surface area contributed by atoms with Gasteiger partial charge in [0.2, 0.25) is 0 Å². The number of rotatable bonds is 6. The Morgan fingerprint density at radius 3 is 2.39 bits per heavy atom. The Morgan fingerprint density at radius 1 is 1.09 bits per heavy atom. The summed E-state index contributed by atoms with van der Waals surface area (Å²) in [7, 11) is 0. The van der Waals surface area contributed by atoms with Gasteiger partial charge in [-0.05, 0) is 29.7 Å². The second-order valence-corrected chi connectivity index (χ2v) is 5.30. The third-order valence-electron chi connectivity index (χ3n) is 3.61. The van der Waals surface area contributed by atoms with Gasteiger partial charge in [-0.1, -0.05) is 49.4 Å². The first-order valence-electron chi connectivity index (χ1n) is 7.78. The van der Waals surface area contributed by atoms with Gasteiger partial charge in [0, 0.05) is 18.8 Å². The van der Waals surface area contributed by atoms with E-state index in [9.17, 15) is 4.79 Å². The molecule has 0 fully saturated rings. The monoisotopic (exact) mass is 307 g/mol. The molecule has 2 rings (SSSR count). The van der Waals surface area contributed by atoms with Crippen LogP contribution in [0.1, 0.15) is 24.5 Å². The van der Waals surface area contributed by atoms with Crippen LogP contribution in [-0.4, -0.2) is 17.5 Å². The molecule has 0 unspecified atom stereocenters. The van der Waals surface area contributed by atoms with Crippen LogP contribution in [0.4, 0.5) is 10.5 Å². The zero-order valence-electron chi connectivity index (χ0n) is 13.3. The number of carbonyl (C=O) groups is 1. The largest absolute Gasteiger partial charge is 0.322 e. The third-order valence-corrected chi connectivity index (χ3v) is 3.61. The minimum Gasteiger partial charge on any atom is -0.319 e. The number of hydrogen-bond acceptors (Lipinski definition) is 2. The number of hydrogen-bond donors (Lipinski definition) is 1. The Balaban J connectivity index is 2.04. The molecule has 2 aromatic carbocycles. The van der Waals surface area contributed by atoms with Crippen LogP contribution in [0.2, 0.25) is 0 Å². The van der Waals surface area contributed by atoms with E-state index in [-0.39, 0.29) is 6.03 Å². The van der Waals surface area contributed by atoms with Crippen LogP contribution in [0.5, 0.6) is 0 Å². The summed E-state index contributed by atoms with van der Waals surface area (Å²) in [6, 6.07) is 19.5. The lowest BCUT2D eigenvalue weighted by Gasteiger charge is -2.22. The molecule has 0 bridgehead atoms. The number of carbonyl (C=O) groups excluding carboxylic acids is 1. The molecular formula is C19H21N3O. The fourth-order valence-electron chi connectivity index (χ4n) is 2.27. The van der Waals surface area contributed by atoms with Crippen LogP contribution < -0.4 is 5.32 Å². The molecule has 0 heterocycles. The Morgan fingerprint density at radius 2 is 1.78 bits per heavy atom. The first kappa shape index (κ1) is 16.6. The molecule has 0 aliphatic heterocycles. The molecule has 0 aliphatic carbocycles. The van der Waals surface area contributed by atoms with E-state index in [0.717, 1.165) is 17.7 Å². The Bertz CT molecular complexity index is 659. The van der Waals surface area contributed by atoms with Crippen molar-refractivity contribution in [2.24, 2.45) is 0 Å². The number of urea groups is 1. The number of benzene rings is 2. The van der Waals surface area contributed by atoms with Gasteiger partial charge >= 0.3 is 6.03 Å². The van der Waals surface area contributed by atoms with Gasteiger partial charge in [0.05, 0.1) is 12.5 Å². The summed E-state index contributed by atoms with van der Waals surface area (Å²) in [6.07, 6.45) is 1.28. The van der Waals surface area contributed by atoms with Crippen LogP contribution in [-0.2, 0) is 13.0 Å². The summed E-state index contributed by atoms with van der Waals surface area (Å²) in [6.45, 7) is 2.99. The maximum absolute atomic E-state index is 12.5. The average Bonchev–Trinajstić information content (AvgIpc) is 2.60. The highest BCUT2D eigenvalue weighted by Gasteiger charge is 2.13. The minimum absolute atomic E-state index is 0.187. The van der Waals surface area contributed by atoms with Gasteiger partial charge in [-0.3, -0.25) is 0 Å². The fraction of sp³-hybridized carbons (Fsp3) is 0.263. The van der Waals surface area contributed by atoms with Crippen molar-refractivity contribution in [3.63, 3.8) is 0 Å². The van der Waals surface area contributed by atoms with E-state index in [2.05, 4.69) is 18.3 Å². The zero-order chi connectivity index (χ0) is 16.5. The number of amides is 2. The molecule has 2 aromatic rings. The molecule has 4 heteroatoms. The van der Waals surface area contributed by atoms with Gasteiger partial charge in [-0.2, -0.15) is 5.26 Å². The van der Waals surface area contributed by atoms with Crippen LogP contribution in [0.3, 0.4) is 0 Å². The van der Waals surface area contributed by atoms with Gasteiger partial charge in [-0.15, -0.1) is 0 Å². The summed E-state index contributed by atoms with van der Waals surface area (Å²) in [5.41, 5.74) is 3.04. The number of aryl methyl sites for hydroxylation is 1. The second kappa shape index (κ2) is 8.60. The van der Waals surface area contributed by atoms with Crippen LogP contribution >= 0.6 is 0 Å². The first-order chi connectivity index (χ1) is 11.2. The fourth-order valence-corrected chi connectivity index (χ4v) is 2.27. The quantitative estimate of drug-likeness (QED) is 0.869. The lowest BCUT2D eigenvalue weighted by atomic mass is 10.1. The van der Waals surface area contributed by atoms with Crippen molar-refractivity contribution in [3.05, 3.63) is 65.7 Å². The molecular weight excluding hydrogens is 286 g/mol. The molecule has 0 spiro atoms.